The predicted octanol–water partition coefficient (Wildman–Crippen LogP) is 4.38. The van der Waals surface area contributed by atoms with E-state index >= 15 is 0 Å². The van der Waals surface area contributed by atoms with E-state index in [9.17, 15) is 19.2 Å². The highest BCUT2D eigenvalue weighted by Crippen LogP contribution is 2.43. The Morgan fingerprint density at radius 2 is 1.77 bits per heavy atom. The molecule has 47 heavy (non-hydrogen) atoms. The lowest BCUT2D eigenvalue weighted by atomic mass is 9.87. The first-order chi connectivity index (χ1) is 22.1. The van der Waals surface area contributed by atoms with E-state index in [1.54, 1.807) is 58.6 Å². The number of hydrogen-bond donors (Lipinski definition) is 1. The predicted molar refractivity (Wildman–Crippen MR) is 179 cm³/mol. The number of ether oxygens (including phenoxy) is 4. The van der Waals surface area contributed by atoms with Gasteiger partial charge in [-0.2, -0.15) is 0 Å². The van der Waals surface area contributed by atoms with Crippen molar-refractivity contribution in [2.75, 3.05) is 56.9 Å². The molecule has 1 aromatic carbocycles. The van der Waals surface area contributed by atoms with Gasteiger partial charge in [-0.05, 0) is 84.4 Å². The van der Waals surface area contributed by atoms with Crippen molar-refractivity contribution >= 4 is 35.2 Å². The third-order valence-electron chi connectivity index (χ3n) is 8.82. The lowest BCUT2D eigenvalue weighted by molar-refractivity contribution is -0.133. The topological polar surface area (TPSA) is 127 Å². The number of fused-ring (bicyclic) bond motifs is 1. The van der Waals surface area contributed by atoms with Crippen molar-refractivity contribution in [1.29, 1.82) is 0 Å². The first-order valence-electron chi connectivity index (χ1n) is 16.8. The van der Waals surface area contributed by atoms with Crippen LogP contribution in [-0.2, 0) is 28.6 Å². The number of anilines is 2. The summed E-state index contributed by atoms with van der Waals surface area (Å²) in [5.41, 5.74) is -0.511. The Kier molecular flexibility index (Phi) is 11.5. The quantitative estimate of drug-likeness (QED) is 0.328. The molecule has 4 rings (SSSR count). The second kappa shape index (κ2) is 14.8. The Morgan fingerprint density at radius 1 is 1.09 bits per heavy atom. The number of nitrogens with one attached hydrogen (secondary N) is 1. The van der Waals surface area contributed by atoms with E-state index < -0.39 is 29.1 Å². The Balaban J connectivity index is 1.65. The molecule has 0 bridgehead atoms. The molecule has 0 unspecified atom stereocenters. The molecule has 1 saturated heterocycles. The highest BCUT2D eigenvalue weighted by Gasteiger charge is 2.45. The van der Waals surface area contributed by atoms with E-state index in [1.807, 2.05) is 32.0 Å². The summed E-state index contributed by atoms with van der Waals surface area (Å²) in [4.78, 5) is 60.0. The first kappa shape index (κ1) is 36.5. The SMILES string of the molecule is COCCCN1C(=O)C(C)(C)Oc2ccc(N(C(=O)[C@@H]3C[C@H](C(=O)N[C@@H](COC)C(C)C)CN(C(=O)OC(C)(C)C)C3)C3CC3)cc21. The average Bonchev–Trinajstić information content (AvgIpc) is 3.83. The molecule has 262 valence electrons. The molecule has 2 fully saturated rings. The molecule has 1 aromatic rings. The summed E-state index contributed by atoms with van der Waals surface area (Å²) in [7, 11) is 3.22. The number of amides is 4. The molecule has 3 aliphatic rings. The zero-order chi connectivity index (χ0) is 34.7. The molecule has 1 aliphatic carbocycles. The Morgan fingerprint density at radius 3 is 2.36 bits per heavy atom. The van der Waals surface area contributed by atoms with E-state index in [0.717, 1.165) is 12.8 Å². The van der Waals surface area contributed by atoms with Crippen LogP contribution in [0.25, 0.3) is 0 Å². The van der Waals surface area contributed by atoms with Crippen molar-refractivity contribution in [3.63, 3.8) is 0 Å². The average molecular weight is 659 g/mol. The Labute approximate surface area is 279 Å². The van der Waals surface area contributed by atoms with Gasteiger partial charge in [0, 0.05) is 52.2 Å². The van der Waals surface area contributed by atoms with Crippen molar-refractivity contribution < 1.29 is 38.1 Å². The normalized spacial score (nSPS) is 21.5. The molecular formula is C35H54N4O8. The second-order valence-corrected chi connectivity index (χ2v) is 14.8. The summed E-state index contributed by atoms with van der Waals surface area (Å²) >= 11 is 0. The maximum atomic E-state index is 14.5. The largest absolute Gasteiger partial charge is 0.476 e. The number of rotatable bonds is 12. The standard InChI is InChI=1S/C35H54N4O8/c1-22(2)27(21-45-9)36-30(40)23-17-24(20-37(19-23)33(43)47-34(3,4)5)31(41)39(25-11-12-25)26-13-14-29-28(18-26)38(15-10-16-44-8)32(42)35(6,7)46-29/h13-14,18,22-25,27H,10-12,15-17,19-21H2,1-9H3,(H,36,40)/t23-,24+,27-/m0/s1. The molecule has 0 spiro atoms. The molecule has 12 heteroatoms. The third kappa shape index (κ3) is 8.95. The Bertz CT molecular complexity index is 1300. The fraction of sp³-hybridized carbons (Fsp3) is 0.714. The highest BCUT2D eigenvalue weighted by molar-refractivity contribution is 6.04. The van der Waals surface area contributed by atoms with Gasteiger partial charge in [-0.25, -0.2) is 4.79 Å². The van der Waals surface area contributed by atoms with Crippen LogP contribution < -0.4 is 19.9 Å². The molecule has 1 saturated carbocycles. The molecule has 3 atom stereocenters. The molecule has 2 heterocycles. The number of nitrogens with zero attached hydrogens (tertiary/aromatic N) is 3. The van der Waals surface area contributed by atoms with Gasteiger partial charge in [0.2, 0.25) is 11.8 Å². The van der Waals surface area contributed by atoms with E-state index in [-0.39, 0.29) is 55.2 Å². The van der Waals surface area contributed by atoms with Crippen molar-refractivity contribution in [3.05, 3.63) is 18.2 Å². The molecule has 0 radical (unpaired) electrons. The summed E-state index contributed by atoms with van der Waals surface area (Å²) in [5.74, 6) is -1.10. The minimum Gasteiger partial charge on any atom is -0.476 e. The number of piperidine rings is 1. The number of benzene rings is 1. The van der Waals surface area contributed by atoms with E-state index in [4.69, 9.17) is 18.9 Å². The van der Waals surface area contributed by atoms with Gasteiger partial charge in [0.05, 0.1) is 30.2 Å². The van der Waals surface area contributed by atoms with Crippen LogP contribution in [0.2, 0.25) is 0 Å². The monoisotopic (exact) mass is 658 g/mol. The first-order valence-corrected chi connectivity index (χ1v) is 16.8. The van der Waals surface area contributed by atoms with Crippen LogP contribution in [0.15, 0.2) is 18.2 Å². The van der Waals surface area contributed by atoms with Crippen LogP contribution in [0, 0.1) is 17.8 Å². The van der Waals surface area contributed by atoms with Gasteiger partial charge in [-0.1, -0.05) is 13.8 Å². The number of likely N-dealkylation sites (tertiary alicyclic amines) is 1. The zero-order valence-corrected chi connectivity index (χ0v) is 29.6. The van der Waals surface area contributed by atoms with Gasteiger partial charge in [0.1, 0.15) is 11.4 Å². The van der Waals surface area contributed by atoms with Gasteiger partial charge in [-0.3, -0.25) is 14.4 Å². The van der Waals surface area contributed by atoms with Gasteiger partial charge in [-0.15, -0.1) is 0 Å². The smallest absolute Gasteiger partial charge is 0.410 e. The van der Waals surface area contributed by atoms with Crippen molar-refractivity contribution in [1.82, 2.24) is 10.2 Å². The van der Waals surface area contributed by atoms with Crippen LogP contribution in [0.5, 0.6) is 5.75 Å². The maximum Gasteiger partial charge on any atom is 0.410 e. The molecule has 0 aromatic heterocycles. The lowest BCUT2D eigenvalue weighted by Crippen LogP contribution is -2.55. The van der Waals surface area contributed by atoms with Crippen molar-refractivity contribution in [2.45, 2.75) is 97.4 Å². The minimum atomic E-state index is -1.03. The number of methoxy groups -OCH3 is 2. The molecule has 12 nitrogen and oxygen atoms in total. The summed E-state index contributed by atoms with van der Waals surface area (Å²) < 4.78 is 22.4. The van der Waals surface area contributed by atoms with Gasteiger partial charge in [0.15, 0.2) is 5.60 Å². The van der Waals surface area contributed by atoms with E-state index in [2.05, 4.69) is 5.32 Å². The number of carbonyl (C=O) groups excluding carboxylic acids is 4. The molecule has 2 aliphatic heterocycles. The molecule has 4 amide bonds. The molecular weight excluding hydrogens is 604 g/mol. The van der Waals surface area contributed by atoms with Gasteiger partial charge in [0.25, 0.3) is 5.91 Å². The fourth-order valence-electron chi connectivity index (χ4n) is 6.17. The summed E-state index contributed by atoms with van der Waals surface area (Å²) in [6.45, 7) is 14.5. The zero-order valence-electron chi connectivity index (χ0n) is 29.6. The van der Waals surface area contributed by atoms with Crippen LogP contribution in [-0.4, -0.2) is 99.1 Å². The number of hydrogen-bond acceptors (Lipinski definition) is 8. The van der Waals surface area contributed by atoms with Crippen LogP contribution >= 0.6 is 0 Å². The number of carbonyl (C=O) groups is 4. The second-order valence-electron chi connectivity index (χ2n) is 14.8. The summed E-state index contributed by atoms with van der Waals surface area (Å²) in [5, 5.41) is 3.09. The van der Waals surface area contributed by atoms with E-state index in [1.165, 1.54) is 4.90 Å². The molecule has 1 N–H and O–H groups in total. The lowest BCUT2D eigenvalue weighted by Gasteiger charge is -2.41. The third-order valence-corrected chi connectivity index (χ3v) is 8.82. The maximum absolute atomic E-state index is 14.5. The van der Waals surface area contributed by atoms with E-state index in [0.29, 0.717) is 43.3 Å². The van der Waals surface area contributed by atoms with Gasteiger partial charge >= 0.3 is 6.09 Å². The summed E-state index contributed by atoms with van der Waals surface area (Å²) in [6.07, 6.45) is 2.04. The highest BCUT2D eigenvalue weighted by atomic mass is 16.6. The van der Waals surface area contributed by atoms with Gasteiger partial charge < -0.3 is 39.0 Å². The van der Waals surface area contributed by atoms with Crippen LogP contribution in [0.3, 0.4) is 0 Å². The fourth-order valence-corrected chi connectivity index (χ4v) is 6.17. The minimum absolute atomic E-state index is 0.0182. The van der Waals surface area contributed by atoms with Crippen molar-refractivity contribution in [3.8, 4) is 5.75 Å². The Hall–Kier alpha value is -3.38. The van der Waals surface area contributed by atoms with Crippen LogP contribution in [0.4, 0.5) is 16.2 Å². The van der Waals surface area contributed by atoms with Crippen LogP contribution in [0.1, 0.15) is 74.1 Å². The summed E-state index contributed by atoms with van der Waals surface area (Å²) in [6, 6.07) is 5.29. The van der Waals surface area contributed by atoms with Crippen molar-refractivity contribution in [2.24, 2.45) is 17.8 Å².